The number of sulfonamides is 1. The van der Waals surface area contributed by atoms with Gasteiger partial charge in [-0.15, -0.1) is 0 Å². The van der Waals surface area contributed by atoms with E-state index in [0.29, 0.717) is 18.0 Å². The van der Waals surface area contributed by atoms with Crippen LogP contribution in [0.5, 0.6) is 0 Å². The first-order valence-corrected chi connectivity index (χ1v) is 12.7. The van der Waals surface area contributed by atoms with Crippen LogP contribution in [-0.2, 0) is 33.1 Å². The highest BCUT2D eigenvalue weighted by Gasteiger charge is 2.23. The summed E-state index contributed by atoms with van der Waals surface area (Å²) >= 11 is 0. The second kappa shape index (κ2) is 10.0. The van der Waals surface area contributed by atoms with Gasteiger partial charge in [0.25, 0.3) is 10.0 Å². The third-order valence-corrected chi connectivity index (χ3v) is 6.76. The average molecular weight is 484 g/mol. The van der Waals surface area contributed by atoms with Gasteiger partial charge in [-0.2, -0.15) is 0 Å². The lowest BCUT2D eigenvalue weighted by Crippen LogP contribution is -2.30. The second-order valence-corrected chi connectivity index (χ2v) is 11.5. The van der Waals surface area contributed by atoms with Gasteiger partial charge in [-0.05, 0) is 41.2 Å². The normalized spacial score (nSPS) is 12.1. The number of carbonyl (C=O) groups excluding carboxylic acids is 1. The van der Waals surface area contributed by atoms with Crippen molar-refractivity contribution in [1.82, 2.24) is 14.3 Å². The fraction of sp³-hybridized carbons (Fsp3) is 0.385. The van der Waals surface area contributed by atoms with Crippen LogP contribution in [0.3, 0.4) is 0 Å². The summed E-state index contributed by atoms with van der Waals surface area (Å²) in [6.07, 6.45) is 3.56. The Kier molecular flexibility index (Phi) is 7.51. The summed E-state index contributed by atoms with van der Waals surface area (Å²) in [6.45, 7) is 11.3. The van der Waals surface area contributed by atoms with Crippen molar-refractivity contribution in [3.63, 3.8) is 0 Å². The van der Waals surface area contributed by atoms with E-state index in [9.17, 15) is 13.2 Å². The molecule has 8 heteroatoms. The monoisotopic (exact) mass is 483 g/mol. The molecule has 182 valence electrons. The molecule has 7 nitrogen and oxygen atoms in total. The van der Waals surface area contributed by atoms with Crippen molar-refractivity contribution >= 4 is 16.1 Å². The predicted molar refractivity (Wildman–Crippen MR) is 133 cm³/mol. The minimum Gasteiger partial charge on any atom is -0.452 e. The van der Waals surface area contributed by atoms with Crippen molar-refractivity contribution < 1.29 is 17.9 Å². The van der Waals surface area contributed by atoms with E-state index >= 15 is 0 Å². The standard InChI is InChI=1S/C26H33N3O4S/c1-18(2)15-20-9-12-23(34(31,32)28-25(30)33-6)22(16-20)21-10-7-19(8-11-21)17-29-14-13-27-24(29)26(3,4)5/h7-14,16,18H,15,17H2,1-6H3,(H,28,30). The molecule has 1 heterocycles. The van der Waals surface area contributed by atoms with E-state index in [4.69, 9.17) is 0 Å². The molecule has 3 aromatic rings. The lowest BCUT2D eigenvalue weighted by molar-refractivity contribution is 0.177. The first-order chi connectivity index (χ1) is 15.9. The topological polar surface area (TPSA) is 90.3 Å². The summed E-state index contributed by atoms with van der Waals surface area (Å²) in [7, 11) is -2.98. The molecule has 0 aliphatic rings. The number of hydrogen-bond donors (Lipinski definition) is 1. The van der Waals surface area contributed by atoms with E-state index in [0.717, 1.165) is 36.0 Å². The smallest absolute Gasteiger partial charge is 0.420 e. The summed E-state index contributed by atoms with van der Waals surface area (Å²) in [4.78, 5) is 16.2. The number of aromatic nitrogens is 2. The number of nitrogens with zero attached hydrogens (tertiary/aromatic N) is 2. The fourth-order valence-corrected chi connectivity index (χ4v) is 5.04. The molecule has 34 heavy (non-hydrogen) atoms. The number of carbonyl (C=O) groups is 1. The molecule has 0 fully saturated rings. The number of methoxy groups -OCH3 is 1. The van der Waals surface area contributed by atoms with E-state index < -0.39 is 16.1 Å². The molecule has 3 rings (SSSR count). The SMILES string of the molecule is COC(=O)NS(=O)(=O)c1ccc(CC(C)C)cc1-c1ccc(Cn2ccnc2C(C)(C)C)cc1. The Morgan fingerprint density at radius 2 is 1.74 bits per heavy atom. The Morgan fingerprint density at radius 1 is 1.09 bits per heavy atom. The molecule has 0 aliphatic carbocycles. The minimum absolute atomic E-state index is 0.0304. The highest BCUT2D eigenvalue weighted by Crippen LogP contribution is 2.30. The maximum atomic E-state index is 12.9. The number of amides is 1. The highest BCUT2D eigenvalue weighted by molar-refractivity contribution is 7.90. The van der Waals surface area contributed by atoms with Gasteiger partial charge in [-0.1, -0.05) is 65.0 Å². The van der Waals surface area contributed by atoms with Crippen LogP contribution in [0.15, 0.2) is 59.8 Å². The van der Waals surface area contributed by atoms with Crippen LogP contribution in [0.4, 0.5) is 4.79 Å². The van der Waals surface area contributed by atoms with Crippen LogP contribution in [0.1, 0.15) is 51.6 Å². The molecule has 0 saturated carbocycles. The van der Waals surface area contributed by atoms with Crippen LogP contribution in [0.2, 0.25) is 0 Å². The zero-order chi connectivity index (χ0) is 25.1. The summed E-state index contributed by atoms with van der Waals surface area (Å²) in [5, 5.41) is 0. The van der Waals surface area contributed by atoms with E-state index in [2.05, 4.69) is 48.9 Å². The lowest BCUT2D eigenvalue weighted by atomic mass is 9.95. The van der Waals surface area contributed by atoms with E-state index in [1.165, 1.54) is 0 Å². The van der Waals surface area contributed by atoms with Crippen molar-refractivity contribution in [2.24, 2.45) is 5.92 Å². The summed E-state index contributed by atoms with van der Waals surface area (Å²) < 4.78 is 34.4. The Hall–Kier alpha value is -3.13. The lowest BCUT2D eigenvalue weighted by Gasteiger charge is -2.20. The molecule has 0 unspecified atom stereocenters. The van der Waals surface area contributed by atoms with E-state index in [-0.39, 0.29) is 10.3 Å². The largest absolute Gasteiger partial charge is 0.452 e. The molecule has 1 amide bonds. The molecule has 2 aromatic carbocycles. The van der Waals surface area contributed by atoms with Gasteiger partial charge in [0.15, 0.2) is 0 Å². The van der Waals surface area contributed by atoms with Crippen molar-refractivity contribution in [2.45, 2.75) is 57.9 Å². The molecular weight excluding hydrogens is 450 g/mol. The van der Waals surface area contributed by atoms with Gasteiger partial charge >= 0.3 is 6.09 Å². The Bertz CT molecular complexity index is 1250. The number of ether oxygens (including phenoxy) is 1. The number of nitrogens with one attached hydrogen (secondary N) is 1. The molecule has 0 spiro atoms. The summed E-state index contributed by atoms with van der Waals surface area (Å²) in [6, 6.07) is 13.0. The molecule has 1 aromatic heterocycles. The van der Waals surface area contributed by atoms with Gasteiger partial charge in [0.05, 0.1) is 12.0 Å². The maximum Gasteiger partial charge on any atom is 0.420 e. The van der Waals surface area contributed by atoms with Crippen LogP contribution in [-0.4, -0.2) is 31.2 Å². The highest BCUT2D eigenvalue weighted by atomic mass is 32.2. The van der Waals surface area contributed by atoms with Crippen LogP contribution < -0.4 is 4.72 Å². The first kappa shape index (κ1) is 25.5. The molecule has 0 bridgehead atoms. The number of benzene rings is 2. The van der Waals surface area contributed by atoms with Crippen molar-refractivity contribution in [2.75, 3.05) is 7.11 Å². The van der Waals surface area contributed by atoms with Crippen molar-refractivity contribution in [1.29, 1.82) is 0 Å². The zero-order valence-electron chi connectivity index (χ0n) is 20.6. The number of imidazole rings is 1. The van der Waals surface area contributed by atoms with Gasteiger partial charge < -0.3 is 9.30 Å². The molecule has 0 radical (unpaired) electrons. The summed E-state index contributed by atoms with van der Waals surface area (Å²) in [5.74, 6) is 1.42. The zero-order valence-corrected chi connectivity index (χ0v) is 21.4. The average Bonchev–Trinajstić information content (AvgIpc) is 3.22. The Balaban J connectivity index is 1.99. The molecule has 1 N–H and O–H groups in total. The first-order valence-electron chi connectivity index (χ1n) is 11.3. The van der Waals surface area contributed by atoms with Crippen LogP contribution in [0, 0.1) is 5.92 Å². The van der Waals surface area contributed by atoms with Gasteiger partial charge in [0.2, 0.25) is 0 Å². The van der Waals surface area contributed by atoms with Crippen LogP contribution >= 0.6 is 0 Å². The maximum absolute atomic E-state index is 12.9. The second-order valence-electron chi connectivity index (χ2n) is 9.85. The predicted octanol–water partition coefficient (Wildman–Crippen LogP) is 5.14. The van der Waals surface area contributed by atoms with Crippen molar-refractivity contribution in [3.05, 3.63) is 71.8 Å². The van der Waals surface area contributed by atoms with Crippen molar-refractivity contribution in [3.8, 4) is 11.1 Å². The summed E-state index contributed by atoms with van der Waals surface area (Å²) in [5.41, 5.74) is 3.32. The van der Waals surface area contributed by atoms with E-state index in [1.54, 1.807) is 18.3 Å². The number of rotatable bonds is 7. The van der Waals surface area contributed by atoms with E-state index in [1.807, 2.05) is 41.3 Å². The molecule has 0 saturated heterocycles. The Labute approximate surface area is 202 Å². The quantitative estimate of drug-likeness (QED) is 0.503. The van der Waals surface area contributed by atoms with Gasteiger partial charge in [0, 0.05) is 29.9 Å². The van der Waals surface area contributed by atoms with Gasteiger partial charge in [0.1, 0.15) is 5.82 Å². The van der Waals surface area contributed by atoms with Gasteiger partial charge in [-0.3, -0.25) is 0 Å². The fourth-order valence-electron chi connectivity index (χ4n) is 3.91. The van der Waals surface area contributed by atoms with Gasteiger partial charge in [-0.25, -0.2) is 22.9 Å². The minimum atomic E-state index is -4.11. The Morgan fingerprint density at radius 3 is 2.32 bits per heavy atom. The molecule has 0 aliphatic heterocycles. The van der Waals surface area contributed by atoms with Crippen LogP contribution in [0.25, 0.3) is 11.1 Å². The molecule has 0 atom stereocenters. The molecular formula is C26H33N3O4S. The number of hydrogen-bond acceptors (Lipinski definition) is 5. The third kappa shape index (κ3) is 6.05. The third-order valence-electron chi connectivity index (χ3n) is 5.38.